The number of furan rings is 1. The summed E-state index contributed by atoms with van der Waals surface area (Å²) in [5.74, 6) is 0.476. The van der Waals surface area contributed by atoms with Crippen molar-refractivity contribution < 1.29 is 18.7 Å². The number of hydrogen-bond donors (Lipinski definition) is 1. The summed E-state index contributed by atoms with van der Waals surface area (Å²) < 4.78 is 10.2. The molecule has 144 valence electrons. The van der Waals surface area contributed by atoms with Gasteiger partial charge in [0.15, 0.2) is 6.61 Å². The first-order valence-electron chi connectivity index (χ1n) is 8.53. The van der Waals surface area contributed by atoms with Crippen LogP contribution in [-0.4, -0.2) is 18.5 Å². The molecule has 0 aliphatic heterocycles. The summed E-state index contributed by atoms with van der Waals surface area (Å²) in [7, 11) is 0. The van der Waals surface area contributed by atoms with Gasteiger partial charge in [-0.2, -0.15) is 0 Å². The predicted molar refractivity (Wildman–Crippen MR) is 108 cm³/mol. The van der Waals surface area contributed by atoms with Gasteiger partial charge in [0.05, 0.1) is 18.4 Å². The van der Waals surface area contributed by atoms with Crippen molar-refractivity contribution in [3.63, 3.8) is 0 Å². The van der Waals surface area contributed by atoms with E-state index in [-0.39, 0.29) is 19.1 Å². The molecule has 0 saturated carbocycles. The van der Waals surface area contributed by atoms with Crippen LogP contribution in [0.5, 0.6) is 0 Å². The maximum atomic E-state index is 12.1. The first kappa shape index (κ1) is 20.0. The van der Waals surface area contributed by atoms with Crippen LogP contribution in [0.4, 0.5) is 0 Å². The zero-order valence-corrected chi connectivity index (χ0v) is 16.5. The van der Waals surface area contributed by atoms with Gasteiger partial charge in [-0.3, -0.25) is 4.79 Å². The fourth-order valence-corrected chi connectivity index (χ4v) is 3.28. The largest absolute Gasteiger partial charge is 0.467 e. The molecule has 28 heavy (non-hydrogen) atoms. The van der Waals surface area contributed by atoms with Gasteiger partial charge in [-0.25, -0.2) is 4.79 Å². The van der Waals surface area contributed by atoms with Crippen LogP contribution in [0.3, 0.4) is 0 Å². The summed E-state index contributed by atoms with van der Waals surface area (Å²) in [6.07, 6.45) is 1.53. The number of carbonyl (C=O) groups is 2. The van der Waals surface area contributed by atoms with Crippen LogP contribution in [-0.2, 0) is 21.8 Å². The molecule has 0 spiro atoms. The van der Waals surface area contributed by atoms with Gasteiger partial charge >= 0.3 is 5.97 Å². The Kier molecular flexibility index (Phi) is 7.17. The van der Waals surface area contributed by atoms with E-state index in [1.54, 1.807) is 36.0 Å². The van der Waals surface area contributed by atoms with Crippen molar-refractivity contribution in [2.45, 2.75) is 17.2 Å². The van der Waals surface area contributed by atoms with Gasteiger partial charge in [-0.05, 0) is 54.1 Å². The zero-order chi connectivity index (χ0) is 19.8. The highest BCUT2D eigenvalue weighted by molar-refractivity contribution is 7.98. The number of esters is 1. The van der Waals surface area contributed by atoms with Gasteiger partial charge in [0.1, 0.15) is 5.76 Å². The second-order valence-corrected chi connectivity index (χ2v) is 7.36. The number of halogens is 1. The summed E-state index contributed by atoms with van der Waals surface area (Å²) >= 11 is 7.56. The molecule has 0 unspecified atom stereocenters. The van der Waals surface area contributed by atoms with E-state index < -0.39 is 5.97 Å². The lowest BCUT2D eigenvalue weighted by molar-refractivity contribution is -0.124. The van der Waals surface area contributed by atoms with Crippen LogP contribution in [0.2, 0.25) is 5.02 Å². The second kappa shape index (κ2) is 10.0. The van der Waals surface area contributed by atoms with Crippen molar-refractivity contribution >= 4 is 35.2 Å². The Morgan fingerprint density at radius 1 is 1.04 bits per heavy atom. The van der Waals surface area contributed by atoms with Gasteiger partial charge in [-0.1, -0.05) is 23.7 Å². The van der Waals surface area contributed by atoms with Crippen LogP contribution < -0.4 is 5.32 Å². The van der Waals surface area contributed by atoms with Crippen molar-refractivity contribution in [2.24, 2.45) is 0 Å². The smallest absolute Gasteiger partial charge is 0.338 e. The number of nitrogens with one attached hydrogen (secondary N) is 1. The van der Waals surface area contributed by atoms with Gasteiger partial charge in [0.25, 0.3) is 5.91 Å². The lowest BCUT2D eigenvalue weighted by atomic mass is 10.1. The lowest BCUT2D eigenvalue weighted by Crippen LogP contribution is -2.28. The van der Waals surface area contributed by atoms with E-state index >= 15 is 0 Å². The van der Waals surface area contributed by atoms with Crippen molar-refractivity contribution in [1.29, 1.82) is 0 Å². The second-order valence-electron chi connectivity index (χ2n) is 5.87. The Morgan fingerprint density at radius 3 is 2.46 bits per heavy atom. The SMILES string of the molecule is O=C(COC(=O)c1ccc(CSc2ccc(Cl)cc2)cc1)NCc1ccco1. The summed E-state index contributed by atoms with van der Waals surface area (Å²) in [4.78, 5) is 24.9. The molecule has 0 saturated heterocycles. The molecule has 0 bridgehead atoms. The molecular formula is C21H18ClNO4S. The van der Waals surface area contributed by atoms with Crippen LogP contribution in [0.15, 0.2) is 76.2 Å². The van der Waals surface area contributed by atoms with E-state index in [0.717, 1.165) is 16.2 Å². The average Bonchev–Trinajstić information content (AvgIpc) is 3.24. The van der Waals surface area contributed by atoms with Crippen molar-refractivity contribution in [2.75, 3.05) is 6.61 Å². The standard InChI is InChI=1S/C21H18ClNO4S/c22-17-7-9-19(10-8-17)28-14-15-3-5-16(6-4-15)21(25)27-13-20(24)23-12-18-2-1-11-26-18/h1-11H,12-14H2,(H,23,24). The minimum absolute atomic E-state index is 0.253. The Labute approximate surface area is 172 Å². The Hall–Kier alpha value is -2.70. The number of thioether (sulfide) groups is 1. The van der Waals surface area contributed by atoms with E-state index in [0.29, 0.717) is 16.3 Å². The first-order valence-corrected chi connectivity index (χ1v) is 9.90. The fourth-order valence-electron chi connectivity index (χ4n) is 2.30. The minimum Gasteiger partial charge on any atom is -0.467 e. The molecule has 5 nitrogen and oxygen atoms in total. The summed E-state index contributed by atoms with van der Waals surface area (Å²) in [6, 6.07) is 18.3. The molecule has 1 heterocycles. The van der Waals surface area contributed by atoms with Gasteiger partial charge in [0.2, 0.25) is 0 Å². The monoisotopic (exact) mass is 415 g/mol. The van der Waals surface area contributed by atoms with Gasteiger partial charge in [0, 0.05) is 15.7 Å². The fraction of sp³-hybridized carbons (Fsp3) is 0.143. The Morgan fingerprint density at radius 2 is 1.79 bits per heavy atom. The van der Waals surface area contributed by atoms with Gasteiger partial charge in [-0.15, -0.1) is 11.8 Å². The minimum atomic E-state index is -0.537. The highest BCUT2D eigenvalue weighted by Crippen LogP contribution is 2.24. The molecule has 1 amide bonds. The van der Waals surface area contributed by atoms with Crippen molar-refractivity contribution in [1.82, 2.24) is 5.32 Å². The van der Waals surface area contributed by atoms with E-state index in [4.69, 9.17) is 20.8 Å². The molecule has 0 aliphatic carbocycles. The van der Waals surface area contributed by atoms with E-state index in [1.165, 1.54) is 6.26 Å². The van der Waals surface area contributed by atoms with Crippen LogP contribution >= 0.6 is 23.4 Å². The molecule has 2 aromatic carbocycles. The predicted octanol–water partition coefficient (Wildman–Crippen LogP) is 4.70. The molecular weight excluding hydrogens is 398 g/mol. The topological polar surface area (TPSA) is 68.5 Å². The maximum Gasteiger partial charge on any atom is 0.338 e. The summed E-state index contributed by atoms with van der Waals surface area (Å²) in [5, 5.41) is 3.33. The maximum absolute atomic E-state index is 12.1. The first-order chi connectivity index (χ1) is 13.6. The quantitative estimate of drug-likeness (QED) is 0.426. The lowest BCUT2D eigenvalue weighted by Gasteiger charge is -2.07. The molecule has 1 aromatic heterocycles. The summed E-state index contributed by atoms with van der Waals surface area (Å²) in [5.41, 5.74) is 1.48. The van der Waals surface area contributed by atoms with E-state index in [2.05, 4.69) is 5.32 Å². The van der Waals surface area contributed by atoms with Crippen molar-refractivity contribution in [3.05, 3.63) is 88.8 Å². The van der Waals surface area contributed by atoms with E-state index in [1.807, 2.05) is 36.4 Å². The number of benzene rings is 2. The molecule has 1 N–H and O–H groups in total. The van der Waals surface area contributed by atoms with Crippen LogP contribution in [0, 0.1) is 0 Å². The molecule has 3 aromatic rings. The van der Waals surface area contributed by atoms with Crippen LogP contribution in [0.25, 0.3) is 0 Å². The average molecular weight is 416 g/mol. The molecule has 0 fully saturated rings. The molecule has 0 atom stereocenters. The number of ether oxygens (including phenoxy) is 1. The third-order valence-corrected chi connectivity index (χ3v) is 5.12. The third-order valence-electron chi connectivity index (χ3n) is 3.78. The third kappa shape index (κ3) is 6.18. The molecule has 0 aliphatic rings. The van der Waals surface area contributed by atoms with Crippen molar-refractivity contribution in [3.8, 4) is 0 Å². The summed E-state index contributed by atoms with van der Waals surface area (Å²) in [6.45, 7) is -0.0862. The van der Waals surface area contributed by atoms with Gasteiger partial charge < -0.3 is 14.5 Å². The number of rotatable bonds is 8. The van der Waals surface area contributed by atoms with E-state index in [9.17, 15) is 9.59 Å². The Balaban J connectivity index is 1.42. The zero-order valence-electron chi connectivity index (χ0n) is 14.9. The number of amides is 1. The highest BCUT2D eigenvalue weighted by atomic mass is 35.5. The molecule has 7 heteroatoms. The number of hydrogen-bond acceptors (Lipinski definition) is 5. The van der Waals surface area contributed by atoms with Crippen LogP contribution in [0.1, 0.15) is 21.7 Å². The normalized spacial score (nSPS) is 10.5. The Bertz CT molecular complexity index is 909. The highest BCUT2D eigenvalue weighted by Gasteiger charge is 2.10. The number of carbonyl (C=O) groups excluding carboxylic acids is 2. The molecule has 3 rings (SSSR count). The molecule has 0 radical (unpaired) electrons.